The van der Waals surface area contributed by atoms with Crippen molar-refractivity contribution in [2.45, 2.75) is 472 Å². The molecule has 0 rings (SSSR count). The SMILES string of the molecule is CCC(C)CCCCCCCCCCC(=O)OC[C@H](COP(=O)(O)OC[C@H](O)COP(=O)(O)OC[C@@H](COC(=O)CCCCCCCCCCCCCCCCCC(C)C)OC(=O)CCCCCCCCCCCCCCCCCCCCC(C)C)OC(=O)CCCCCCCCCCCCCCC(C)C. The van der Waals surface area contributed by atoms with E-state index in [4.69, 9.17) is 37.0 Å². The summed E-state index contributed by atoms with van der Waals surface area (Å²) < 4.78 is 69.0. The van der Waals surface area contributed by atoms with E-state index in [1.54, 1.807) is 0 Å². The van der Waals surface area contributed by atoms with Crippen molar-refractivity contribution in [2.75, 3.05) is 39.6 Å². The number of carbonyl (C=O) groups is 4. The summed E-state index contributed by atoms with van der Waals surface area (Å²) in [6, 6.07) is 0. The summed E-state index contributed by atoms with van der Waals surface area (Å²) in [5, 5.41) is 10.7. The molecule has 0 saturated heterocycles. The van der Waals surface area contributed by atoms with E-state index in [1.807, 2.05) is 0 Å². The van der Waals surface area contributed by atoms with Crippen LogP contribution in [-0.2, 0) is 65.4 Å². The Labute approximate surface area is 651 Å². The summed E-state index contributed by atoms with van der Waals surface area (Å²) >= 11 is 0. The number of phosphoric acid groups is 2. The van der Waals surface area contributed by atoms with Crippen LogP contribution in [0.25, 0.3) is 0 Å². The quantitative estimate of drug-likeness (QED) is 0.0222. The molecular weight excluding hydrogens is 1380 g/mol. The molecule has 0 spiro atoms. The van der Waals surface area contributed by atoms with Gasteiger partial charge < -0.3 is 33.8 Å². The molecule has 3 N–H and O–H groups in total. The number of aliphatic hydroxyl groups is 1. The van der Waals surface area contributed by atoms with Crippen molar-refractivity contribution in [3.05, 3.63) is 0 Å². The maximum Gasteiger partial charge on any atom is 0.472 e. The van der Waals surface area contributed by atoms with Crippen LogP contribution < -0.4 is 0 Å². The number of carbonyl (C=O) groups excluding carboxylic acids is 4. The third-order valence-corrected chi connectivity index (χ3v) is 22.6. The number of unbranched alkanes of at least 4 members (excludes halogenated alkanes) is 49. The first kappa shape index (κ1) is 104. The van der Waals surface area contributed by atoms with E-state index in [1.165, 1.54) is 257 Å². The number of rotatable bonds is 84. The van der Waals surface area contributed by atoms with Gasteiger partial charge >= 0.3 is 39.5 Å². The molecule has 0 radical (unpaired) electrons. The van der Waals surface area contributed by atoms with Crippen molar-refractivity contribution in [1.29, 1.82) is 0 Å². The number of aliphatic hydroxyl groups excluding tert-OH is 1. The highest BCUT2D eigenvalue weighted by molar-refractivity contribution is 7.47. The van der Waals surface area contributed by atoms with E-state index in [2.05, 4.69) is 55.4 Å². The lowest BCUT2D eigenvalue weighted by atomic mass is 9.99. The largest absolute Gasteiger partial charge is 0.472 e. The van der Waals surface area contributed by atoms with Crippen LogP contribution in [0.1, 0.15) is 453 Å². The second-order valence-electron chi connectivity index (χ2n) is 33.0. The first-order valence-electron chi connectivity index (χ1n) is 44.7. The summed E-state index contributed by atoms with van der Waals surface area (Å²) in [7, 11) is -9.93. The number of hydrogen-bond acceptors (Lipinski definition) is 15. The van der Waals surface area contributed by atoms with Crippen LogP contribution in [0.3, 0.4) is 0 Å². The van der Waals surface area contributed by atoms with E-state index in [0.29, 0.717) is 25.7 Å². The number of phosphoric ester groups is 2. The summed E-state index contributed by atoms with van der Waals surface area (Å²) in [5.74, 6) is 1.07. The minimum Gasteiger partial charge on any atom is -0.462 e. The highest BCUT2D eigenvalue weighted by atomic mass is 31.2. The normalized spacial score (nSPS) is 14.2. The fraction of sp³-hybridized carbons (Fsp3) is 0.954. The maximum atomic E-state index is 13.2. The minimum absolute atomic E-state index is 0.106. The highest BCUT2D eigenvalue weighted by Crippen LogP contribution is 2.45. The Bertz CT molecular complexity index is 2060. The number of esters is 4. The smallest absolute Gasteiger partial charge is 0.462 e. The van der Waals surface area contributed by atoms with E-state index in [9.17, 15) is 43.2 Å². The topological polar surface area (TPSA) is 237 Å². The van der Waals surface area contributed by atoms with Gasteiger partial charge in [-0.3, -0.25) is 37.3 Å². The Balaban J connectivity index is 5.26. The molecule has 630 valence electrons. The molecule has 0 aliphatic rings. The molecule has 0 bridgehead atoms. The Morgan fingerprint density at radius 1 is 0.264 bits per heavy atom. The Kier molecular flexibility index (Phi) is 74.3. The highest BCUT2D eigenvalue weighted by Gasteiger charge is 2.31. The molecule has 0 aromatic rings. The van der Waals surface area contributed by atoms with E-state index in [-0.39, 0.29) is 25.7 Å². The van der Waals surface area contributed by atoms with Crippen molar-refractivity contribution in [1.82, 2.24) is 0 Å². The van der Waals surface area contributed by atoms with E-state index >= 15 is 0 Å². The van der Waals surface area contributed by atoms with Crippen molar-refractivity contribution < 1.29 is 80.2 Å². The third-order valence-electron chi connectivity index (χ3n) is 20.7. The van der Waals surface area contributed by atoms with E-state index < -0.39 is 97.5 Å². The van der Waals surface area contributed by atoms with Gasteiger partial charge in [0.25, 0.3) is 0 Å². The minimum atomic E-state index is -4.97. The first-order valence-corrected chi connectivity index (χ1v) is 47.7. The molecule has 6 atom stereocenters. The Morgan fingerprint density at radius 3 is 0.670 bits per heavy atom. The maximum absolute atomic E-state index is 13.2. The van der Waals surface area contributed by atoms with Gasteiger partial charge in [-0.2, -0.15) is 0 Å². The van der Waals surface area contributed by atoms with Crippen LogP contribution in [0.15, 0.2) is 0 Å². The fourth-order valence-corrected chi connectivity index (χ4v) is 15.0. The average Bonchev–Trinajstić information content (AvgIpc) is 0.902. The predicted molar refractivity (Wildman–Crippen MR) is 437 cm³/mol. The number of hydrogen-bond donors (Lipinski definition) is 3. The molecule has 3 unspecified atom stereocenters. The monoisotopic (exact) mass is 1550 g/mol. The molecule has 0 aromatic carbocycles. The molecule has 106 heavy (non-hydrogen) atoms. The van der Waals surface area contributed by atoms with Gasteiger partial charge in [0, 0.05) is 25.7 Å². The zero-order chi connectivity index (χ0) is 78.1. The van der Waals surface area contributed by atoms with Crippen molar-refractivity contribution >= 4 is 39.5 Å². The van der Waals surface area contributed by atoms with Crippen LogP contribution in [0.4, 0.5) is 0 Å². The lowest BCUT2D eigenvalue weighted by Crippen LogP contribution is -2.30. The summed E-state index contributed by atoms with van der Waals surface area (Å²) in [4.78, 5) is 73.3. The van der Waals surface area contributed by atoms with E-state index in [0.717, 1.165) is 114 Å². The second kappa shape index (κ2) is 75.7. The van der Waals surface area contributed by atoms with Gasteiger partial charge in [-0.05, 0) is 49.4 Å². The van der Waals surface area contributed by atoms with Gasteiger partial charge in [0.2, 0.25) is 0 Å². The van der Waals surface area contributed by atoms with Crippen LogP contribution in [0.2, 0.25) is 0 Å². The van der Waals surface area contributed by atoms with Gasteiger partial charge in [0.15, 0.2) is 12.2 Å². The zero-order valence-electron chi connectivity index (χ0n) is 70.1. The fourth-order valence-electron chi connectivity index (χ4n) is 13.5. The van der Waals surface area contributed by atoms with Crippen molar-refractivity contribution in [3.63, 3.8) is 0 Å². The second-order valence-corrected chi connectivity index (χ2v) is 35.9. The summed E-state index contributed by atoms with van der Waals surface area (Å²) in [6.45, 7) is 14.4. The van der Waals surface area contributed by atoms with Gasteiger partial charge in [-0.15, -0.1) is 0 Å². The molecule has 0 aliphatic carbocycles. The standard InChI is InChI=1S/C87H170O17P2/c1-9-80(8)66-58-50-42-37-38-44-52-60-68-85(90)98-74-83(104-87(92)70-62-54-46-36-30-24-23-27-33-41-49-57-65-79(6)7)76-102-106(95,96)100-72-81(88)71-99-105(93,94)101-75-82(73-97-84(89)67-59-51-43-34-28-21-18-14-16-20-26-32-40-48-56-64-78(4)5)103-86(91)69-61-53-45-35-29-22-17-13-11-10-12-15-19-25-31-39-47-55-63-77(2)3/h77-83,88H,9-76H2,1-8H3,(H,93,94)(H,95,96)/t80?,81-,82-,83-/m1/s1. The average molecular weight is 1550 g/mol. The lowest BCUT2D eigenvalue weighted by Gasteiger charge is -2.21. The molecule has 19 heteroatoms. The molecule has 17 nitrogen and oxygen atoms in total. The molecule has 0 heterocycles. The van der Waals surface area contributed by atoms with Gasteiger partial charge in [-0.25, -0.2) is 9.13 Å². The predicted octanol–water partition coefficient (Wildman–Crippen LogP) is 26.3. The van der Waals surface area contributed by atoms with Crippen LogP contribution in [-0.4, -0.2) is 96.7 Å². The van der Waals surface area contributed by atoms with Crippen molar-refractivity contribution in [2.24, 2.45) is 23.7 Å². The molecule has 0 saturated carbocycles. The molecule has 0 fully saturated rings. The third kappa shape index (κ3) is 78.7. The Morgan fingerprint density at radius 2 is 0.453 bits per heavy atom. The van der Waals surface area contributed by atoms with Gasteiger partial charge in [0.05, 0.1) is 26.4 Å². The van der Waals surface area contributed by atoms with Crippen LogP contribution in [0.5, 0.6) is 0 Å². The number of ether oxygens (including phenoxy) is 4. The Hall–Kier alpha value is -1.94. The first-order chi connectivity index (χ1) is 51.1. The van der Waals surface area contributed by atoms with Gasteiger partial charge in [-0.1, -0.05) is 402 Å². The van der Waals surface area contributed by atoms with Gasteiger partial charge in [0.1, 0.15) is 19.3 Å². The summed E-state index contributed by atoms with van der Waals surface area (Å²) in [5.41, 5.74) is 0. The van der Waals surface area contributed by atoms with Crippen LogP contribution in [0, 0.1) is 23.7 Å². The lowest BCUT2D eigenvalue weighted by molar-refractivity contribution is -0.161. The summed E-state index contributed by atoms with van der Waals surface area (Å²) in [6.07, 6.45) is 65.2. The molecule has 0 amide bonds. The molecule has 0 aromatic heterocycles. The zero-order valence-corrected chi connectivity index (χ0v) is 71.9. The van der Waals surface area contributed by atoms with Crippen LogP contribution >= 0.6 is 15.6 Å². The molecule has 0 aliphatic heterocycles. The van der Waals surface area contributed by atoms with Crippen molar-refractivity contribution in [3.8, 4) is 0 Å². The molecular formula is C87H170O17P2.